The molecule has 0 radical (unpaired) electrons. The van der Waals surface area contributed by atoms with Crippen molar-refractivity contribution in [3.8, 4) is 5.75 Å². The van der Waals surface area contributed by atoms with E-state index < -0.39 is 0 Å². The summed E-state index contributed by atoms with van der Waals surface area (Å²) in [5, 5.41) is 0.625. The molecule has 0 amide bonds. The number of hydrogen-bond acceptors (Lipinski definition) is 4. The van der Waals surface area contributed by atoms with Crippen molar-refractivity contribution in [3.63, 3.8) is 0 Å². The van der Waals surface area contributed by atoms with E-state index in [0.717, 1.165) is 44.2 Å². The van der Waals surface area contributed by atoms with Crippen LogP contribution in [0.4, 0.5) is 0 Å². The number of halogens is 1. The van der Waals surface area contributed by atoms with Gasteiger partial charge in [-0.15, -0.1) is 0 Å². The summed E-state index contributed by atoms with van der Waals surface area (Å²) in [6.07, 6.45) is 0. The van der Waals surface area contributed by atoms with Crippen LogP contribution in [0.25, 0.3) is 0 Å². The van der Waals surface area contributed by atoms with Crippen molar-refractivity contribution in [1.82, 2.24) is 4.90 Å². The number of benzene rings is 1. The first-order valence-electron chi connectivity index (χ1n) is 6.21. The molecule has 18 heavy (non-hydrogen) atoms. The van der Waals surface area contributed by atoms with Crippen molar-refractivity contribution >= 4 is 11.6 Å². The summed E-state index contributed by atoms with van der Waals surface area (Å²) in [4.78, 5) is 2.33. The Labute approximate surface area is 113 Å². The molecule has 4 nitrogen and oxygen atoms in total. The van der Waals surface area contributed by atoms with Gasteiger partial charge in [0.25, 0.3) is 0 Å². The third-order valence-corrected chi connectivity index (χ3v) is 3.30. The fourth-order valence-corrected chi connectivity index (χ4v) is 2.16. The third kappa shape index (κ3) is 3.85. The lowest BCUT2D eigenvalue weighted by atomic mass is 10.2. The molecule has 1 heterocycles. The van der Waals surface area contributed by atoms with Crippen LogP contribution in [0.3, 0.4) is 0 Å². The van der Waals surface area contributed by atoms with Crippen molar-refractivity contribution in [3.05, 3.63) is 28.8 Å². The van der Waals surface area contributed by atoms with Gasteiger partial charge in [0.2, 0.25) is 0 Å². The molecule has 1 aliphatic rings. The first kappa shape index (κ1) is 13.6. The lowest BCUT2D eigenvalue weighted by Gasteiger charge is -2.26. The van der Waals surface area contributed by atoms with E-state index in [4.69, 9.17) is 26.8 Å². The lowest BCUT2D eigenvalue weighted by Crippen LogP contribution is -2.38. The molecule has 0 bridgehead atoms. The Kier molecular flexibility index (Phi) is 5.26. The van der Waals surface area contributed by atoms with E-state index in [0.29, 0.717) is 18.2 Å². The van der Waals surface area contributed by atoms with Gasteiger partial charge in [-0.25, -0.2) is 0 Å². The lowest BCUT2D eigenvalue weighted by molar-refractivity contribution is 0.0322. The highest BCUT2D eigenvalue weighted by Crippen LogP contribution is 2.25. The minimum absolute atomic E-state index is 0.494. The summed E-state index contributed by atoms with van der Waals surface area (Å²) in [7, 11) is 0. The van der Waals surface area contributed by atoms with E-state index in [2.05, 4.69) is 4.90 Å². The second-order valence-corrected chi connectivity index (χ2v) is 4.68. The molecule has 1 saturated heterocycles. The molecule has 0 aliphatic carbocycles. The smallest absolute Gasteiger partial charge is 0.137 e. The normalized spacial score (nSPS) is 16.8. The van der Waals surface area contributed by atoms with Gasteiger partial charge in [-0.05, 0) is 17.7 Å². The summed E-state index contributed by atoms with van der Waals surface area (Å²) in [5.74, 6) is 0.724. The maximum absolute atomic E-state index is 6.12. The van der Waals surface area contributed by atoms with Crippen LogP contribution in [-0.4, -0.2) is 44.4 Å². The fourth-order valence-electron chi connectivity index (χ4n) is 1.90. The van der Waals surface area contributed by atoms with Gasteiger partial charge in [-0.3, -0.25) is 4.90 Å². The highest BCUT2D eigenvalue weighted by atomic mass is 35.5. The highest BCUT2D eigenvalue weighted by molar-refractivity contribution is 6.32. The van der Waals surface area contributed by atoms with E-state index in [1.165, 1.54) is 0 Å². The maximum atomic E-state index is 6.12. The van der Waals surface area contributed by atoms with Gasteiger partial charge in [0.1, 0.15) is 12.4 Å². The molecule has 0 aromatic heterocycles. The fraction of sp³-hybridized carbons (Fsp3) is 0.538. The van der Waals surface area contributed by atoms with E-state index in [-0.39, 0.29) is 0 Å². The van der Waals surface area contributed by atoms with Gasteiger partial charge in [-0.1, -0.05) is 17.7 Å². The SMILES string of the molecule is NCc1ccc(OCCN2CCOCC2)c(Cl)c1. The quantitative estimate of drug-likeness (QED) is 0.881. The summed E-state index contributed by atoms with van der Waals surface area (Å²) in [5.41, 5.74) is 6.56. The molecule has 1 fully saturated rings. The molecule has 0 saturated carbocycles. The summed E-state index contributed by atoms with van der Waals surface area (Å²) < 4.78 is 11.0. The molecule has 0 atom stereocenters. The Morgan fingerprint density at radius 1 is 1.33 bits per heavy atom. The largest absolute Gasteiger partial charge is 0.491 e. The molecule has 1 aromatic rings. The molecule has 5 heteroatoms. The zero-order valence-electron chi connectivity index (χ0n) is 10.4. The van der Waals surface area contributed by atoms with Crippen LogP contribution >= 0.6 is 11.6 Å². The van der Waals surface area contributed by atoms with Gasteiger partial charge in [-0.2, -0.15) is 0 Å². The number of rotatable bonds is 5. The van der Waals surface area contributed by atoms with Crippen LogP contribution in [-0.2, 0) is 11.3 Å². The summed E-state index contributed by atoms with van der Waals surface area (Å²) in [6, 6.07) is 5.67. The Hall–Kier alpha value is -0.810. The Morgan fingerprint density at radius 3 is 2.78 bits per heavy atom. The first-order chi connectivity index (χ1) is 8.79. The van der Waals surface area contributed by atoms with E-state index >= 15 is 0 Å². The maximum Gasteiger partial charge on any atom is 0.137 e. The minimum atomic E-state index is 0.494. The second kappa shape index (κ2) is 6.95. The van der Waals surface area contributed by atoms with Crippen LogP contribution in [0.5, 0.6) is 5.75 Å². The van der Waals surface area contributed by atoms with Gasteiger partial charge in [0, 0.05) is 26.2 Å². The van der Waals surface area contributed by atoms with Gasteiger partial charge in [0.15, 0.2) is 0 Å². The number of morpholine rings is 1. The Morgan fingerprint density at radius 2 is 2.11 bits per heavy atom. The van der Waals surface area contributed by atoms with Gasteiger partial charge >= 0.3 is 0 Å². The molecular formula is C13H19ClN2O2. The topological polar surface area (TPSA) is 47.7 Å². The average molecular weight is 271 g/mol. The molecule has 2 rings (SSSR count). The van der Waals surface area contributed by atoms with Gasteiger partial charge < -0.3 is 15.2 Å². The molecular weight excluding hydrogens is 252 g/mol. The first-order valence-corrected chi connectivity index (χ1v) is 6.59. The molecule has 0 unspecified atom stereocenters. The summed E-state index contributed by atoms with van der Waals surface area (Å²) in [6.45, 7) is 5.61. The molecule has 1 aliphatic heterocycles. The van der Waals surface area contributed by atoms with Crippen molar-refractivity contribution in [2.45, 2.75) is 6.54 Å². The van der Waals surface area contributed by atoms with Gasteiger partial charge in [0.05, 0.1) is 18.2 Å². The van der Waals surface area contributed by atoms with Crippen molar-refractivity contribution < 1.29 is 9.47 Å². The van der Waals surface area contributed by atoms with E-state index in [9.17, 15) is 0 Å². The predicted octanol–water partition coefficient (Wildman–Crippen LogP) is 1.51. The standard InChI is InChI=1S/C13H19ClN2O2/c14-12-9-11(10-15)1-2-13(12)18-8-5-16-3-6-17-7-4-16/h1-2,9H,3-8,10,15H2. The Balaban J connectivity index is 1.79. The number of nitrogens with zero attached hydrogens (tertiary/aromatic N) is 1. The monoisotopic (exact) mass is 270 g/mol. The number of nitrogens with two attached hydrogens (primary N) is 1. The van der Waals surface area contributed by atoms with Crippen LogP contribution in [0.2, 0.25) is 5.02 Å². The van der Waals surface area contributed by atoms with Crippen LogP contribution in [0.15, 0.2) is 18.2 Å². The third-order valence-electron chi connectivity index (χ3n) is 3.00. The second-order valence-electron chi connectivity index (χ2n) is 4.27. The summed E-state index contributed by atoms with van der Waals surface area (Å²) >= 11 is 6.12. The van der Waals surface area contributed by atoms with Crippen molar-refractivity contribution in [2.75, 3.05) is 39.5 Å². The van der Waals surface area contributed by atoms with Crippen LogP contribution < -0.4 is 10.5 Å². The van der Waals surface area contributed by atoms with Crippen molar-refractivity contribution in [1.29, 1.82) is 0 Å². The van der Waals surface area contributed by atoms with Crippen LogP contribution in [0, 0.1) is 0 Å². The molecule has 1 aromatic carbocycles. The van der Waals surface area contributed by atoms with E-state index in [1.807, 2.05) is 18.2 Å². The molecule has 100 valence electrons. The number of hydrogen-bond donors (Lipinski definition) is 1. The van der Waals surface area contributed by atoms with Crippen LogP contribution in [0.1, 0.15) is 5.56 Å². The highest BCUT2D eigenvalue weighted by Gasteiger charge is 2.10. The average Bonchev–Trinajstić information content (AvgIpc) is 2.42. The zero-order valence-corrected chi connectivity index (χ0v) is 11.2. The number of ether oxygens (including phenoxy) is 2. The molecule has 2 N–H and O–H groups in total. The van der Waals surface area contributed by atoms with Crippen molar-refractivity contribution in [2.24, 2.45) is 5.73 Å². The predicted molar refractivity (Wildman–Crippen MR) is 72.1 cm³/mol. The molecule has 0 spiro atoms. The zero-order chi connectivity index (χ0) is 12.8. The minimum Gasteiger partial charge on any atom is -0.491 e. The Bertz CT molecular complexity index is 381. The van der Waals surface area contributed by atoms with E-state index in [1.54, 1.807) is 0 Å².